The van der Waals surface area contributed by atoms with E-state index in [4.69, 9.17) is 4.74 Å². The summed E-state index contributed by atoms with van der Waals surface area (Å²) in [6, 6.07) is -0.209. The van der Waals surface area contributed by atoms with Gasteiger partial charge in [0.2, 0.25) is 0 Å². The molecule has 2 unspecified atom stereocenters. The fraction of sp³-hybridized carbons (Fsp3) is 0.909. The zero-order valence-electron chi connectivity index (χ0n) is 9.62. The van der Waals surface area contributed by atoms with Crippen LogP contribution in [0.5, 0.6) is 0 Å². The van der Waals surface area contributed by atoms with Gasteiger partial charge in [0.1, 0.15) is 6.04 Å². The molecule has 1 saturated heterocycles. The van der Waals surface area contributed by atoms with Crippen LogP contribution in [0.1, 0.15) is 32.6 Å². The summed E-state index contributed by atoms with van der Waals surface area (Å²) in [4.78, 5) is 11.1. The molecule has 1 fully saturated rings. The Morgan fingerprint density at radius 2 is 2.47 bits per heavy atom. The summed E-state index contributed by atoms with van der Waals surface area (Å²) < 4.78 is 10.1. The van der Waals surface area contributed by atoms with E-state index >= 15 is 0 Å². The largest absolute Gasteiger partial charge is 0.468 e. The van der Waals surface area contributed by atoms with E-state index in [1.165, 1.54) is 20.0 Å². The second-order valence-electron chi connectivity index (χ2n) is 3.98. The van der Waals surface area contributed by atoms with Gasteiger partial charge in [0.05, 0.1) is 13.2 Å². The van der Waals surface area contributed by atoms with Crippen molar-refractivity contribution < 1.29 is 14.3 Å². The van der Waals surface area contributed by atoms with Gasteiger partial charge < -0.3 is 14.8 Å². The zero-order chi connectivity index (χ0) is 11.1. The van der Waals surface area contributed by atoms with Gasteiger partial charge in [0, 0.05) is 6.61 Å². The Morgan fingerprint density at radius 1 is 1.67 bits per heavy atom. The van der Waals surface area contributed by atoms with Gasteiger partial charge in [0.25, 0.3) is 0 Å². The minimum absolute atomic E-state index is 0.202. The first-order valence-electron chi connectivity index (χ1n) is 5.67. The third-order valence-corrected chi connectivity index (χ3v) is 2.73. The summed E-state index contributed by atoms with van der Waals surface area (Å²) in [5.41, 5.74) is 0. The molecule has 2 atom stereocenters. The highest BCUT2D eigenvalue weighted by atomic mass is 16.5. The van der Waals surface area contributed by atoms with Gasteiger partial charge in [-0.2, -0.15) is 0 Å². The van der Waals surface area contributed by atoms with E-state index in [0.717, 1.165) is 26.0 Å². The van der Waals surface area contributed by atoms with Crippen LogP contribution in [0.3, 0.4) is 0 Å². The van der Waals surface area contributed by atoms with Gasteiger partial charge in [0.15, 0.2) is 0 Å². The van der Waals surface area contributed by atoms with E-state index in [1.807, 2.05) is 6.92 Å². The predicted octanol–water partition coefficient (Wildman–Crippen LogP) is 1.10. The van der Waals surface area contributed by atoms with Crippen molar-refractivity contribution in [2.24, 2.45) is 0 Å². The van der Waals surface area contributed by atoms with Crippen LogP contribution in [0, 0.1) is 0 Å². The van der Waals surface area contributed by atoms with E-state index in [0.29, 0.717) is 6.10 Å². The van der Waals surface area contributed by atoms with E-state index in [-0.39, 0.29) is 12.0 Å². The van der Waals surface area contributed by atoms with Gasteiger partial charge in [-0.25, -0.2) is 0 Å². The second-order valence-corrected chi connectivity index (χ2v) is 3.98. The van der Waals surface area contributed by atoms with Crippen molar-refractivity contribution in [2.75, 3.05) is 20.3 Å². The van der Waals surface area contributed by atoms with Crippen molar-refractivity contribution in [3.63, 3.8) is 0 Å². The van der Waals surface area contributed by atoms with Gasteiger partial charge in [-0.3, -0.25) is 4.79 Å². The number of rotatable bonds is 6. The van der Waals surface area contributed by atoms with Crippen LogP contribution in [0.15, 0.2) is 0 Å². The number of hydrogen-bond donors (Lipinski definition) is 1. The Bertz CT molecular complexity index is 190. The summed E-state index contributed by atoms with van der Waals surface area (Å²) in [5, 5.41) is 3.13. The van der Waals surface area contributed by atoms with Gasteiger partial charge in [-0.15, -0.1) is 0 Å². The van der Waals surface area contributed by atoms with Crippen LogP contribution in [-0.2, 0) is 14.3 Å². The second kappa shape index (κ2) is 6.80. The van der Waals surface area contributed by atoms with E-state index in [1.54, 1.807) is 0 Å². The smallest absolute Gasteiger partial charge is 0.322 e. The maximum Gasteiger partial charge on any atom is 0.322 e. The lowest BCUT2D eigenvalue weighted by atomic mass is 10.1. The molecular weight excluding hydrogens is 194 g/mol. The molecule has 0 aliphatic carbocycles. The molecule has 1 aliphatic heterocycles. The minimum atomic E-state index is -0.209. The van der Waals surface area contributed by atoms with E-state index < -0.39 is 0 Å². The highest BCUT2D eigenvalue weighted by Gasteiger charge is 2.15. The van der Waals surface area contributed by atoms with Crippen molar-refractivity contribution in [1.29, 1.82) is 0 Å². The normalized spacial score (nSPS) is 22.7. The summed E-state index contributed by atoms with van der Waals surface area (Å²) in [7, 11) is 1.41. The first kappa shape index (κ1) is 12.5. The number of carbonyl (C=O) groups excluding carboxylic acids is 1. The minimum Gasteiger partial charge on any atom is -0.468 e. The lowest BCUT2D eigenvalue weighted by Crippen LogP contribution is -2.35. The zero-order valence-corrected chi connectivity index (χ0v) is 9.62. The molecule has 0 aromatic heterocycles. The lowest BCUT2D eigenvalue weighted by molar-refractivity contribution is -0.142. The highest BCUT2D eigenvalue weighted by Crippen LogP contribution is 2.16. The highest BCUT2D eigenvalue weighted by molar-refractivity contribution is 5.74. The molecule has 0 bridgehead atoms. The van der Waals surface area contributed by atoms with Crippen molar-refractivity contribution >= 4 is 5.97 Å². The fourth-order valence-corrected chi connectivity index (χ4v) is 1.78. The molecule has 0 saturated carbocycles. The first-order chi connectivity index (χ1) is 7.24. The van der Waals surface area contributed by atoms with Crippen LogP contribution < -0.4 is 5.32 Å². The Labute approximate surface area is 91.3 Å². The standard InChI is InChI=1S/C11H21NO3/c1-9(11(13)14-2)12-7-3-5-10-6-4-8-15-10/h9-10,12H,3-8H2,1-2H3. The van der Waals surface area contributed by atoms with Gasteiger partial charge >= 0.3 is 5.97 Å². The number of methoxy groups -OCH3 is 1. The first-order valence-corrected chi connectivity index (χ1v) is 5.67. The molecule has 0 amide bonds. The average molecular weight is 215 g/mol. The van der Waals surface area contributed by atoms with E-state index in [9.17, 15) is 4.79 Å². The molecule has 0 aromatic carbocycles. The van der Waals surface area contributed by atoms with Crippen molar-refractivity contribution in [3.8, 4) is 0 Å². The molecule has 88 valence electrons. The summed E-state index contributed by atoms with van der Waals surface area (Å²) in [6.45, 7) is 3.57. The van der Waals surface area contributed by atoms with E-state index in [2.05, 4.69) is 10.1 Å². The predicted molar refractivity (Wildman–Crippen MR) is 57.7 cm³/mol. The Hall–Kier alpha value is -0.610. The molecule has 15 heavy (non-hydrogen) atoms. The molecular formula is C11H21NO3. The average Bonchev–Trinajstić information content (AvgIpc) is 2.75. The Kier molecular flexibility index (Phi) is 5.65. The number of nitrogens with one attached hydrogen (secondary N) is 1. The number of carbonyl (C=O) groups is 1. The molecule has 4 nitrogen and oxygen atoms in total. The topological polar surface area (TPSA) is 47.6 Å². The van der Waals surface area contributed by atoms with Crippen LogP contribution in [0.2, 0.25) is 0 Å². The lowest BCUT2D eigenvalue weighted by Gasteiger charge is -2.12. The molecule has 4 heteroatoms. The fourth-order valence-electron chi connectivity index (χ4n) is 1.78. The van der Waals surface area contributed by atoms with Gasteiger partial charge in [-0.1, -0.05) is 0 Å². The maximum absolute atomic E-state index is 11.1. The SMILES string of the molecule is COC(=O)C(C)NCCCC1CCCO1. The number of esters is 1. The summed E-state index contributed by atoms with van der Waals surface area (Å²) >= 11 is 0. The van der Waals surface area contributed by atoms with Gasteiger partial charge in [-0.05, 0) is 39.2 Å². The third-order valence-electron chi connectivity index (χ3n) is 2.73. The van der Waals surface area contributed by atoms with Crippen LogP contribution in [-0.4, -0.2) is 38.4 Å². The maximum atomic E-state index is 11.1. The molecule has 1 rings (SSSR count). The van der Waals surface area contributed by atoms with Crippen molar-refractivity contribution in [1.82, 2.24) is 5.32 Å². The van der Waals surface area contributed by atoms with Crippen LogP contribution in [0.4, 0.5) is 0 Å². The molecule has 1 aliphatic rings. The van der Waals surface area contributed by atoms with Crippen molar-refractivity contribution in [2.45, 2.75) is 44.8 Å². The Morgan fingerprint density at radius 3 is 3.07 bits per heavy atom. The summed E-state index contributed by atoms with van der Waals surface area (Å²) in [6.07, 6.45) is 4.95. The third kappa shape index (κ3) is 4.62. The monoisotopic (exact) mass is 215 g/mol. The molecule has 0 radical (unpaired) electrons. The number of hydrogen-bond acceptors (Lipinski definition) is 4. The molecule has 0 spiro atoms. The Balaban J connectivity index is 1.98. The molecule has 0 aromatic rings. The molecule has 1 heterocycles. The summed E-state index contributed by atoms with van der Waals surface area (Å²) in [5.74, 6) is -0.202. The van der Waals surface area contributed by atoms with Crippen LogP contribution >= 0.6 is 0 Å². The van der Waals surface area contributed by atoms with Crippen molar-refractivity contribution in [3.05, 3.63) is 0 Å². The quantitative estimate of drug-likeness (QED) is 0.532. The molecule has 1 N–H and O–H groups in total. The van der Waals surface area contributed by atoms with Crippen LogP contribution in [0.25, 0.3) is 0 Å². The number of ether oxygens (including phenoxy) is 2.